The van der Waals surface area contributed by atoms with E-state index in [4.69, 9.17) is 23.2 Å². The highest BCUT2D eigenvalue weighted by Crippen LogP contribution is 2.34. The molecule has 0 radical (unpaired) electrons. The van der Waals surface area contributed by atoms with Gasteiger partial charge in [-0.3, -0.25) is 4.79 Å². The molecule has 6 heteroatoms. The Kier molecular flexibility index (Phi) is 4.26. The lowest BCUT2D eigenvalue weighted by Gasteiger charge is -2.07. The van der Waals surface area contributed by atoms with Crippen molar-refractivity contribution in [2.75, 3.05) is 0 Å². The van der Waals surface area contributed by atoms with Gasteiger partial charge < -0.3 is 4.57 Å². The number of thiazole rings is 1. The number of halogens is 2. The summed E-state index contributed by atoms with van der Waals surface area (Å²) in [6.07, 6.45) is 0.980. The van der Waals surface area contributed by atoms with Crippen LogP contribution in [-0.4, -0.2) is 15.3 Å². The summed E-state index contributed by atoms with van der Waals surface area (Å²) in [6.45, 7) is 4.89. The maximum Gasteiger partial charge on any atom is 0.197 e. The summed E-state index contributed by atoms with van der Waals surface area (Å²) >= 11 is 13.7. The highest BCUT2D eigenvalue weighted by Gasteiger charge is 2.24. The van der Waals surface area contributed by atoms with Crippen LogP contribution in [0, 0.1) is 6.92 Å². The van der Waals surface area contributed by atoms with Gasteiger partial charge in [0.1, 0.15) is 0 Å². The van der Waals surface area contributed by atoms with Crippen LogP contribution in [0.15, 0.2) is 23.7 Å². The highest BCUT2D eigenvalue weighted by molar-refractivity contribution is 7.17. The molecule has 0 aliphatic rings. The van der Waals surface area contributed by atoms with E-state index in [1.807, 2.05) is 6.92 Å². The van der Waals surface area contributed by atoms with Crippen LogP contribution in [-0.2, 0) is 6.54 Å². The highest BCUT2D eigenvalue weighted by atomic mass is 35.5. The van der Waals surface area contributed by atoms with E-state index in [-0.39, 0.29) is 5.78 Å². The SMILES string of the molecule is CCCn1c(C)c(C(=O)c2cccc(Cl)c2Cl)c2scnc21. The third-order valence-corrected chi connectivity index (χ3v) is 5.32. The molecule has 1 aromatic carbocycles. The van der Waals surface area contributed by atoms with Crippen LogP contribution in [0.1, 0.15) is 35.0 Å². The molecule has 114 valence electrons. The number of fused-ring (bicyclic) bond motifs is 1. The Morgan fingerprint density at radius 3 is 2.86 bits per heavy atom. The summed E-state index contributed by atoms with van der Waals surface area (Å²) in [5, 5.41) is 0.688. The van der Waals surface area contributed by atoms with Crippen LogP contribution >= 0.6 is 34.5 Å². The number of aryl methyl sites for hydroxylation is 1. The average molecular weight is 353 g/mol. The van der Waals surface area contributed by atoms with Crippen molar-refractivity contribution in [3.8, 4) is 0 Å². The Hall–Kier alpha value is -1.36. The Morgan fingerprint density at radius 2 is 2.14 bits per heavy atom. The van der Waals surface area contributed by atoms with Crippen LogP contribution in [0.3, 0.4) is 0 Å². The van der Waals surface area contributed by atoms with Gasteiger partial charge in [-0.2, -0.15) is 0 Å². The van der Waals surface area contributed by atoms with Gasteiger partial charge in [0.25, 0.3) is 0 Å². The van der Waals surface area contributed by atoms with Gasteiger partial charge in [0.2, 0.25) is 0 Å². The van der Waals surface area contributed by atoms with E-state index >= 15 is 0 Å². The molecule has 2 heterocycles. The number of hydrogen-bond acceptors (Lipinski definition) is 3. The van der Waals surface area contributed by atoms with Crippen LogP contribution < -0.4 is 0 Å². The minimum absolute atomic E-state index is 0.103. The van der Waals surface area contributed by atoms with Gasteiger partial charge in [-0.1, -0.05) is 36.2 Å². The Balaban J connectivity index is 2.21. The van der Waals surface area contributed by atoms with Gasteiger partial charge in [-0.25, -0.2) is 4.98 Å². The van der Waals surface area contributed by atoms with E-state index in [0.717, 1.165) is 29.0 Å². The van der Waals surface area contributed by atoms with Gasteiger partial charge in [0.15, 0.2) is 11.4 Å². The summed E-state index contributed by atoms with van der Waals surface area (Å²) in [7, 11) is 0. The zero-order chi connectivity index (χ0) is 15.9. The molecule has 0 amide bonds. The fourth-order valence-corrected chi connectivity index (χ4v) is 3.91. The lowest BCUT2D eigenvalue weighted by molar-refractivity contribution is 0.103. The molecule has 22 heavy (non-hydrogen) atoms. The van der Waals surface area contributed by atoms with Crippen molar-refractivity contribution in [1.29, 1.82) is 0 Å². The van der Waals surface area contributed by atoms with Crippen molar-refractivity contribution >= 4 is 50.7 Å². The summed E-state index contributed by atoms with van der Waals surface area (Å²) < 4.78 is 3.00. The molecular formula is C16H14Cl2N2OS. The predicted molar refractivity (Wildman–Crippen MR) is 92.5 cm³/mol. The zero-order valence-corrected chi connectivity index (χ0v) is 14.5. The van der Waals surface area contributed by atoms with Gasteiger partial charge in [-0.15, -0.1) is 11.3 Å². The first kappa shape index (κ1) is 15.5. The quantitative estimate of drug-likeness (QED) is 0.592. The molecule has 0 spiro atoms. The largest absolute Gasteiger partial charge is 0.328 e. The molecule has 0 atom stereocenters. The van der Waals surface area contributed by atoms with E-state index < -0.39 is 0 Å². The minimum Gasteiger partial charge on any atom is -0.328 e. The Morgan fingerprint density at radius 1 is 1.36 bits per heavy atom. The number of hydrogen-bond donors (Lipinski definition) is 0. The normalized spacial score (nSPS) is 11.3. The molecule has 3 aromatic rings. The standard InChI is InChI=1S/C16H14Cl2N2OS/c1-3-7-20-9(2)12(15-16(20)19-8-22-15)14(21)10-5-4-6-11(17)13(10)18/h4-6,8H,3,7H2,1-2H3. The molecule has 0 saturated carbocycles. The average Bonchev–Trinajstić information content (AvgIpc) is 3.04. The van der Waals surface area contributed by atoms with Crippen molar-refractivity contribution in [2.24, 2.45) is 0 Å². The summed E-state index contributed by atoms with van der Waals surface area (Å²) in [5.41, 5.74) is 4.67. The first-order valence-electron chi connectivity index (χ1n) is 6.97. The number of carbonyl (C=O) groups is 1. The third kappa shape index (κ3) is 2.35. The van der Waals surface area contributed by atoms with Crippen molar-refractivity contribution in [1.82, 2.24) is 9.55 Å². The first-order chi connectivity index (χ1) is 10.6. The van der Waals surface area contributed by atoms with E-state index in [1.54, 1.807) is 23.7 Å². The van der Waals surface area contributed by atoms with E-state index in [1.165, 1.54) is 11.3 Å². The zero-order valence-electron chi connectivity index (χ0n) is 12.2. The minimum atomic E-state index is -0.103. The lowest BCUT2D eigenvalue weighted by atomic mass is 10.0. The van der Waals surface area contributed by atoms with Gasteiger partial charge in [0, 0.05) is 17.8 Å². The maximum atomic E-state index is 13.0. The number of benzene rings is 1. The molecule has 3 rings (SSSR count). The van der Waals surface area contributed by atoms with E-state index in [0.29, 0.717) is 21.2 Å². The monoisotopic (exact) mass is 352 g/mol. The molecule has 0 bridgehead atoms. The molecule has 0 aliphatic carbocycles. The van der Waals surface area contributed by atoms with Crippen molar-refractivity contribution < 1.29 is 4.79 Å². The van der Waals surface area contributed by atoms with Crippen LogP contribution in [0.5, 0.6) is 0 Å². The van der Waals surface area contributed by atoms with Gasteiger partial charge in [-0.05, 0) is 25.5 Å². The second kappa shape index (κ2) is 6.03. The van der Waals surface area contributed by atoms with Crippen LogP contribution in [0.4, 0.5) is 0 Å². The fraction of sp³-hybridized carbons (Fsp3) is 0.250. The molecule has 0 saturated heterocycles. The predicted octanol–water partition coefficient (Wildman–Crippen LogP) is 5.35. The summed E-state index contributed by atoms with van der Waals surface area (Å²) in [5.74, 6) is -0.103. The smallest absolute Gasteiger partial charge is 0.197 e. The summed E-state index contributed by atoms with van der Waals surface area (Å²) in [6, 6.07) is 5.13. The number of aromatic nitrogens is 2. The molecule has 0 N–H and O–H groups in total. The second-order valence-electron chi connectivity index (χ2n) is 5.05. The molecular weight excluding hydrogens is 339 g/mol. The molecule has 0 aliphatic heterocycles. The van der Waals surface area contributed by atoms with Crippen LogP contribution in [0.2, 0.25) is 10.0 Å². The summed E-state index contributed by atoms with van der Waals surface area (Å²) in [4.78, 5) is 17.4. The van der Waals surface area contributed by atoms with E-state index in [2.05, 4.69) is 16.5 Å². The van der Waals surface area contributed by atoms with Gasteiger partial charge >= 0.3 is 0 Å². The third-order valence-electron chi connectivity index (χ3n) is 3.67. The number of nitrogens with zero attached hydrogens (tertiary/aromatic N) is 2. The second-order valence-corrected chi connectivity index (χ2v) is 6.69. The van der Waals surface area contributed by atoms with E-state index in [9.17, 15) is 4.79 Å². The van der Waals surface area contributed by atoms with Crippen molar-refractivity contribution in [3.05, 3.63) is 50.6 Å². The first-order valence-corrected chi connectivity index (χ1v) is 8.60. The Labute approximate surface area is 142 Å². The molecule has 0 unspecified atom stereocenters. The number of ketones is 1. The van der Waals surface area contributed by atoms with Crippen LogP contribution in [0.25, 0.3) is 10.3 Å². The number of rotatable bonds is 4. The molecule has 2 aromatic heterocycles. The van der Waals surface area contributed by atoms with Crippen molar-refractivity contribution in [3.63, 3.8) is 0 Å². The Bertz CT molecular complexity index is 867. The number of carbonyl (C=O) groups excluding carboxylic acids is 1. The molecule has 3 nitrogen and oxygen atoms in total. The maximum absolute atomic E-state index is 13.0. The molecule has 0 fully saturated rings. The van der Waals surface area contributed by atoms with Crippen molar-refractivity contribution in [2.45, 2.75) is 26.8 Å². The van der Waals surface area contributed by atoms with Gasteiger partial charge in [0.05, 0.1) is 25.8 Å². The lowest BCUT2D eigenvalue weighted by Crippen LogP contribution is -2.06. The topological polar surface area (TPSA) is 34.9 Å². The fourth-order valence-electron chi connectivity index (χ4n) is 2.64.